The van der Waals surface area contributed by atoms with E-state index in [2.05, 4.69) is 54.7 Å². The molecule has 0 unspecified atom stereocenters. The second-order valence-corrected chi connectivity index (χ2v) is 8.10. The highest BCUT2D eigenvalue weighted by Crippen LogP contribution is 2.19. The second-order valence-electron chi connectivity index (χ2n) is 8.10. The molecule has 158 valence electrons. The first-order valence-electron chi connectivity index (χ1n) is 10.7. The number of aromatic nitrogens is 2. The second kappa shape index (κ2) is 9.92. The summed E-state index contributed by atoms with van der Waals surface area (Å²) < 4.78 is 7.93. The zero-order chi connectivity index (χ0) is 20.8. The van der Waals surface area contributed by atoms with Gasteiger partial charge in [-0.3, -0.25) is 0 Å². The Balaban J connectivity index is 1.76. The molecule has 1 saturated heterocycles. The fraction of sp³-hybridized carbons (Fsp3) is 0.565. The molecule has 2 aromatic rings. The number of ether oxygens (including phenoxy) is 1. The molecule has 29 heavy (non-hydrogen) atoms. The molecule has 0 spiro atoms. The summed E-state index contributed by atoms with van der Waals surface area (Å²) in [6.45, 7) is 11.8. The topological polar surface area (TPSA) is 59.4 Å². The lowest BCUT2D eigenvalue weighted by Gasteiger charge is -2.26. The van der Waals surface area contributed by atoms with Gasteiger partial charge in [0.15, 0.2) is 0 Å². The van der Waals surface area contributed by atoms with E-state index in [1.807, 2.05) is 17.3 Å². The highest BCUT2D eigenvalue weighted by atomic mass is 16.5. The van der Waals surface area contributed by atoms with E-state index in [9.17, 15) is 4.79 Å². The summed E-state index contributed by atoms with van der Waals surface area (Å²) in [5.41, 5.74) is 5.18. The van der Waals surface area contributed by atoms with Gasteiger partial charge in [-0.1, -0.05) is 24.6 Å². The standard InChI is InChI=1S/C23H34N4O2/c1-5-8-25-23(28)27(14-20-7-6-11-29-20)16-22-24-9-10-26(22)15-21-18(3)12-17(2)13-19(21)4/h9-10,12-13,20H,5-8,11,14-16H2,1-4H3,(H,25,28)/t20-/m0/s1. The Labute approximate surface area is 174 Å². The molecule has 0 aliphatic carbocycles. The highest BCUT2D eigenvalue weighted by molar-refractivity contribution is 5.74. The molecule has 1 aromatic carbocycles. The van der Waals surface area contributed by atoms with E-state index in [1.165, 1.54) is 22.3 Å². The molecule has 2 amide bonds. The predicted octanol–water partition coefficient (Wildman–Crippen LogP) is 3.96. The summed E-state index contributed by atoms with van der Waals surface area (Å²) in [5.74, 6) is 0.897. The van der Waals surface area contributed by atoms with Crippen molar-refractivity contribution in [1.29, 1.82) is 0 Å². The number of carbonyl (C=O) groups excluding carboxylic acids is 1. The Bertz CT molecular complexity index is 801. The maximum absolute atomic E-state index is 12.8. The summed E-state index contributed by atoms with van der Waals surface area (Å²) in [6.07, 6.45) is 6.93. The van der Waals surface area contributed by atoms with Gasteiger partial charge < -0.3 is 19.5 Å². The lowest BCUT2D eigenvalue weighted by molar-refractivity contribution is 0.0786. The summed E-state index contributed by atoms with van der Waals surface area (Å²) in [4.78, 5) is 19.2. The number of hydrogen-bond acceptors (Lipinski definition) is 3. The molecule has 1 aromatic heterocycles. The molecule has 1 atom stereocenters. The molecule has 1 N–H and O–H groups in total. The van der Waals surface area contributed by atoms with Gasteiger partial charge in [0.1, 0.15) is 5.82 Å². The molecule has 6 heteroatoms. The van der Waals surface area contributed by atoms with Crippen LogP contribution in [0.1, 0.15) is 54.3 Å². The third kappa shape index (κ3) is 5.60. The maximum atomic E-state index is 12.8. The molecule has 2 heterocycles. The maximum Gasteiger partial charge on any atom is 0.317 e. The van der Waals surface area contributed by atoms with Gasteiger partial charge >= 0.3 is 6.03 Å². The minimum absolute atomic E-state index is 0.0420. The number of rotatable bonds is 8. The molecule has 3 rings (SSSR count). The van der Waals surface area contributed by atoms with Crippen LogP contribution in [0, 0.1) is 20.8 Å². The van der Waals surface area contributed by atoms with Crippen LogP contribution in [-0.4, -0.2) is 46.3 Å². The predicted molar refractivity (Wildman–Crippen MR) is 115 cm³/mol. The first-order valence-corrected chi connectivity index (χ1v) is 10.7. The number of benzene rings is 1. The van der Waals surface area contributed by atoms with Crippen molar-refractivity contribution in [2.45, 2.75) is 66.2 Å². The number of hydrogen-bond donors (Lipinski definition) is 1. The fourth-order valence-electron chi connectivity index (χ4n) is 4.03. The monoisotopic (exact) mass is 398 g/mol. The van der Waals surface area contributed by atoms with Gasteiger partial charge in [0.05, 0.1) is 12.6 Å². The Kier molecular flexibility index (Phi) is 7.31. The normalized spacial score (nSPS) is 16.2. The van der Waals surface area contributed by atoms with Gasteiger partial charge in [-0.05, 0) is 56.7 Å². The van der Waals surface area contributed by atoms with Crippen molar-refractivity contribution in [3.05, 3.63) is 52.6 Å². The Morgan fingerprint density at radius 1 is 1.31 bits per heavy atom. The molecule has 1 aliphatic heterocycles. The van der Waals surface area contributed by atoms with E-state index in [0.717, 1.165) is 38.2 Å². The van der Waals surface area contributed by atoms with Crippen LogP contribution >= 0.6 is 0 Å². The van der Waals surface area contributed by atoms with E-state index in [4.69, 9.17) is 4.74 Å². The highest BCUT2D eigenvalue weighted by Gasteiger charge is 2.24. The minimum atomic E-state index is -0.0420. The zero-order valence-corrected chi connectivity index (χ0v) is 18.2. The van der Waals surface area contributed by atoms with Crippen molar-refractivity contribution in [3.8, 4) is 0 Å². The molecule has 1 aliphatic rings. The van der Waals surface area contributed by atoms with Crippen LogP contribution in [0.5, 0.6) is 0 Å². The smallest absolute Gasteiger partial charge is 0.317 e. The number of nitrogens with one attached hydrogen (secondary N) is 1. The third-order valence-electron chi connectivity index (χ3n) is 5.56. The van der Waals surface area contributed by atoms with Gasteiger partial charge in [-0.2, -0.15) is 0 Å². The van der Waals surface area contributed by atoms with Crippen molar-refractivity contribution in [1.82, 2.24) is 19.8 Å². The summed E-state index contributed by atoms with van der Waals surface area (Å²) >= 11 is 0. The Morgan fingerprint density at radius 2 is 2.07 bits per heavy atom. The van der Waals surface area contributed by atoms with Crippen LogP contribution < -0.4 is 5.32 Å². The molecule has 0 saturated carbocycles. The van der Waals surface area contributed by atoms with Gasteiger partial charge in [-0.25, -0.2) is 9.78 Å². The number of aryl methyl sites for hydroxylation is 3. The molecular weight excluding hydrogens is 364 g/mol. The first kappa shape index (κ1) is 21.4. The number of imidazole rings is 1. The van der Waals surface area contributed by atoms with Crippen molar-refractivity contribution >= 4 is 6.03 Å². The SMILES string of the molecule is CCCNC(=O)N(Cc1nccn1Cc1c(C)cc(C)cc1C)C[C@@H]1CCCO1. The van der Waals surface area contributed by atoms with Crippen LogP contribution in [0.4, 0.5) is 4.79 Å². The van der Waals surface area contributed by atoms with Crippen LogP contribution in [0.25, 0.3) is 0 Å². The third-order valence-corrected chi connectivity index (χ3v) is 5.56. The minimum Gasteiger partial charge on any atom is -0.376 e. The van der Waals surface area contributed by atoms with E-state index in [1.54, 1.807) is 0 Å². The Hall–Kier alpha value is -2.34. The largest absolute Gasteiger partial charge is 0.376 e. The van der Waals surface area contributed by atoms with E-state index in [-0.39, 0.29) is 12.1 Å². The van der Waals surface area contributed by atoms with Crippen LogP contribution in [0.15, 0.2) is 24.5 Å². The molecule has 6 nitrogen and oxygen atoms in total. The number of amides is 2. The summed E-state index contributed by atoms with van der Waals surface area (Å²) in [7, 11) is 0. The van der Waals surface area contributed by atoms with Crippen molar-refractivity contribution in [3.63, 3.8) is 0 Å². The van der Waals surface area contributed by atoms with Crippen molar-refractivity contribution in [2.75, 3.05) is 19.7 Å². The van der Waals surface area contributed by atoms with Crippen molar-refractivity contribution in [2.24, 2.45) is 0 Å². The van der Waals surface area contributed by atoms with Gasteiger partial charge in [0, 0.05) is 38.6 Å². The van der Waals surface area contributed by atoms with Gasteiger partial charge in [0.2, 0.25) is 0 Å². The summed E-state index contributed by atoms with van der Waals surface area (Å²) in [5, 5.41) is 3.01. The molecule has 0 radical (unpaired) electrons. The lowest BCUT2D eigenvalue weighted by atomic mass is 10.00. The van der Waals surface area contributed by atoms with Crippen LogP contribution in [-0.2, 0) is 17.8 Å². The van der Waals surface area contributed by atoms with E-state index < -0.39 is 0 Å². The quantitative estimate of drug-likeness (QED) is 0.732. The van der Waals surface area contributed by atoms with E-state index >= 15 is 0 Å². The van der Waals surface area contributed by atoms with Gasteiger partial charge in [-0.15, -0.1) is 0 Å². The Morgan fingerprint density at radius 3 is 2.72 bits per heavy atom. The number of nitrogens with zero attached hydrogens (tertiary/aromatic N) is 3. The molecule has 0 bridgehead atoms. The van der Waals surface area contributed by atoms with Crippen LogP contribution in [0.3, 0.4) is 0 Å². The molecular formula is C23H34N4O2. The lowest BCUT2D eigenvalue weighted by Crippen LogP contribution is -2.44. The first-order chi connectivity index (χ1) is 14.0. The average molecular weight is 399 g/mol. The number of urea groups is 1. The average Bonchev–Trinajstić information content (AvgIpc) is 3.34. The fourth-order valence-corrected chi connectivity index (χ4v) is 4.03. The summed E-state index contributed by atoms with van der Waals surface area (Å²) in [6, 6.07) is 4.40. The van der Waals surface area contributed by atoms with Crippen molar-refractivity contribution < 1.29 is 9.53 Å². The zero-order valence-electron chi connectivity index (χ0n) is 18.2. The molecule has 1 fully saturated rings. The number of carbonyl (C=O) groups is 1. The van der Waals surface area contributed by atoms with Crippen LogP contribution in [0.2, 0.25) is 0 Å². The van der Waals surface area contributed by atoms with E-state index in [0.29, 0.717) is 19.6 Å². The van der Waals surface area contributed by atoms with Gasteiger partial charge in [0.25, 0.3) is 0 Å².